The van der Waals surface area contributed by atoms with Crippen molar-refractivity contribution in [3.8, 4) is 0 Å². The molecule has 1 amide bonds. The number of rotatable bonds is 3. The van der Waals surface area contributed by atoms with Crippen LogP contribution in [0.25, 0.3) is 11.0 Å². The van der Waals surface area contributed by atoms with Gasteiger partial charge in [-0.3, -0.25) is 4.79 Å². The van der Waals surface area contributed by atoms with Crippen LogP contribution < -0.4 is 11.0 Å². The first-order valence-electron chi connectivity index (χ1n) is 4.87. The Hall–Kier alpha value is -1.08. The van der Waals surface area contributed by atoms with Gasteiger partial charge in [0.05, 0.1) is 16.7 Å². The third-order valence-electron chi connectivity index (χ3n) is 2.20. The molecule has 0 bridgehead atoms. The predicted octanol–water partition coefficient (Wildman–Crippen LogP) is 2.34. The largest absolute Gasteiger partial charge is 0.325 e. The summed E-state index contributed by atoms with van der Waals surface area (Å²) in [6, 6.07) is 3.46. The van der Waals surface area contributed by atoms with Crippen molar-refractivity contribution in [2.45, 2.75) is 6.42 Å². The molecule has 17 heavy (non-hydrogen) atoms. The van der Waals surface area contributed by atoms with Gasteiger partial charge in [-0.2, -0.15) is 0 Å². The Morgan fingerprint density at radius 3 is 2.59 bits per heavy atom. The molecular weight excluding hydrogens is 354 g/mol. The summed E-state index contributed by atoms with van der Waals surface area (Å²) in [6.45, 7) is 0. The molecule has 0 atom stereocenters. The molecule has 0 unspecified atom stereocenters. The maximum atomic E-state index is 11.5. The molecule has 5 nitrogen and oxygen atoms in total. The first-order chi connectivity index (χ1) is 8.10. The van der Waals surface area contributed by atoms with Crippen molar-refractivity contribution in [2.24, 2.45) is 0 Å². The number of nitrogens with one attached hydrogen (secondary N) is 3. The second-order valence-electron chi connectivity index (χ2n) is 3.44. The minimum absolute atomic E-state index is 0.0835. The summed E-state index contributed by atoms with van der Waals surface area (Å²) in [4.78, 5) is 27.9. The van der Waals surface area contributed by atoms with E-state index < -0.39 is 0 Å². The van der Waals surface area contributed by atoms with Crippen LogP contribution in [0.3, 0.4) is 0 Å². The van der Waals surface area contributed by atoms with Crippen molar-refractivity contribution in [1.82, 2.24) is 9.97 Å². The van der Waals surface area contributed by atoms with Gasteiger partial charge in [0.2, 0.25) is 5.91 Å². The maximum absolute atomic E-state index is 11.5. The summed E-state index contributed by atoms with van der Waals surface area (Å²) in [6.07, 6.45) is 0.397. The van der Waals surface area contributed by atoms with Gasteiger partial charge in [0.25, 0.3) is 0 Å². The molecule has 0 aliphatic rings. The van der Waals surface area contributed by atoms with E-state index in [1.807, 2.05) is 0 Å². The van der Waals surface area contributed by atoms with Gasteiger partial charge in [-0.1, -0.05) is 15.9 Å². The van der Waals surface area contributed by atoms with Crippen molar-refractivity contribution in [1.29, 1.82) is 0 Å². The molecule has 3 N–H and O–H groups in total. The van der Waals surface area contributed by atoms with E-state index >= 15 is 0 Å². The lowest BCUT2D eigenvalue weighted by atomic mass is 10.2. The zero-order chi connectivity index (χ0) is 12.4. The topological polar surface area (TPSA) is 77.8 Å². The van der Waals surface area contributed by atoms with Crippen LogP contribution in [-0.4, -0.2) is 21.2 Å². The van der Waals surface area contributed by atoms with E-state index in [1.54, 1.807) is 12.1 Å². The number of fused-ring (bicyclic) bond motifs is 1. The standard InChI is InChI=1S/C10H9Br2N3O2/c11-2-1-9(16)13-6-4-8-7(3-5(6)12)14-10(17)15-8/h3-4H,1-2H2,(H,13,16)(H2,14,15,17). The normalized spacial score (nSPS) is 10.7. The highest BCUT2D eigenvalue weighted by Gasteiger charge is 2.08. The quantitative estimate of drug-likeness (QED) is 0.733. The van der Waals surface area contributed by atoms with Gasteiger partial charge < -0.3 is 15.3 Å². The van der Waals surface area contributed by atoms with E-state index in [0.717, 1.165) is 4.47 Å². The lowest BCUT2D eigenvalue weighted by molar-refractivity contribution is -0.115. The average Bonchev–Trinajstić information content (AvgIpc) is 2.58. The SMILES string of the molecule is O=C(CCBr)Nc1cc2[nH]c(=O)[nH]c2cc1Br. The van der Waals surface area contributed by atoms with Crippen LogP contribution in [0.2, 0.25) is 0 Å². The number of anilines is 1. The molecule has 1 aromatic heterocycles. The van der Waals surface area contributed by atoms with Crippen LogP contribution in [0.1, 0.15) is 6.42 Å². The number of aromatic nitrogens is 2. The maximum Gasteiger partial charge on any atom is 0.323 e. The van der Waals surface area contributed by atoms with Gasteiger partial charge in [0.15, 0.2) is 0 Å². The summed E-state index contributed by atoms with van der Waals surface area (Å²) < 4.78 is 0.725. The van der Waals surface area contributed by atoms with Crippen LogP contribution in [0.5, 0.6) is 0 Å². The first kappa shape index (κ1) is 12.4. The number of H-pyrrole nitrogens is 2. The average molecular weight is 363 g/mol. The van der Waals surface area contributed by atoms with E-state index in [0.29, 0.717) is 28.5 Å². The zero-order valence-corrected chi connectivity index (χ0v) is 11.8. The summed E-state index contributed by atoms with van der Waals surface area (Å²) >= 11 is 6.54. The molecule has 0 aliphatic heterocycles. The Morgan fingerprint density at radius 2 is 1.94 bits per heavy atom. The third kappa shape index (κ3) is 2.78. The van der Waals surface area contributed by atoms with Gasteiger partial charge in [-0.25, -0.2) is 4.79 Å². The molecular formula is C10H9Br2N3O2. The van der Waals surface area contributed by atoms with Crippen LogP contribution >= 0.6 is 31.9 Å². The number of hydrogen-bond acceptors (Lipinski definition) is 2. The minimum Gasteiger partial charge on any atom is -0.325 e. The third-order valence-corrected chi connectivity index (χ3v) is 3.25. The number of hydrogen-bond donors (Lipinski definition) is 3. The summed E-state index contributed by atoms with van der Waals surface area (Å²) in [5, 5.41) is 3.37. The smallest absolute Gasteiger partial charge is 0.323 e. The molecule has 1 heterocycles. The van der Waals surface area contributed by atoms with E-state index in [1.165, 1.54) is 0 Å². The fourth-order valence-electron chi connectivity index (χ4n) is 1.45. The summed E-state index contributed by atoms with van der Waals surface area (Å²) in [7, 11) is 0. The highest BCUT2D eigenvalue weighted by atomic mass is 79.9. The number of carbonyl (C=O) groups excluding carboxylic acids is 1. The Morgan fingerprint density at radius 1 is 1.29 bits per heavy atom. The van der Waals surface area contributed by atoms with Crippen molar-refractivity contribution in [3.63, 3.8) is 0 Å². The molecule has 1 aromatic carbocycles. The number of amides is 1. The predicted molar refractivity (Wildman–Crippen MR) is 73.7 cm³/mol. The van der Waals surface area contributed by atoms with Gasteiger partial charge >= 0.3 is 5.69 Å². The molecule has 0 saturated carbocycles. The van der Waals surface area contributed by atoms with Crippen LogP contribution in [0.4, 0.5) is 5.69 Å². The van der Waals surface area contributed by atoms with Crippen molar-refractivity contribution in [3.05, 3.63) is 27.1 Å². The molecule has 7 heteroatoms. The Bertz CT molecular complexity index is 618. The Balaban J connectivity index is 2.36. The molecule has 2 aromatic rings. The molecule has 0 spiro atoms. The molecule has 0 saturated heterocycles. The number of carbonyl (C=O) groups is 1. The van der Waals surface area contributed by atoms with Crippen molar-refractivity contribution < 1.29 is 4.79 Å². The van der Waals surface area contributed by atoms with E-state index in [2.05, 4.69) is 47.1 Å². The fourth-order valence-corrected chi connectivity index (χ4v) is 2.25. The Kier molecular flexibility index (Phi) is 3.68. The lowest BCUT2D eigenvalue weighted by Crippen LogP contribution is -2.11. The molecule has 0 fully saturated rings. The van der Waals surface area contributed by atoms with Crippen LogP contribution in [-0.2, 0) is 4.79 Å². The number of alkyl halides is 1. The van der Waals surface area contributed by atoms with Crippen LogP contribution in [0.15, 0.2) is 21.4 Å². The van der Waals surface area contributed by atoms with Gasteiger partial charge in [0.1, 0.15) is 0 Å². The van der Waals surface area contributed by atoms with E-state index in [-0.39, 0.29) is 11.6 Å². The highest BCUT2D eigenvalue weighted by molar-refractivity contribution is 9.10. The number of halogens is 2. The second kappa shape index (κ2) is 5.05. The molecule has 0 aliphatic carbocycles. The first-order valence-corrected chi connectivity index (χ1v) is 6.79. The lowest BCUT2D eigenvalue weighted by Gasteiger charge is -2.06. The molecule has 90 valence electrons. The fraction of sp³-hybridized carbons (Fsp3) is 0.200. The second-order valence-corrected chi connectivity index (χ2v) is 5.09. The van der Waals surface area contributed by atoms with Crippen LogP contribution in [0, 0.1) is 0 Å². The van der Waals surface area contributed by atoms with Gasteiger partial charge in [-0.15, -0.1) is 0 Å². The number of benzene rings is 1. The van der Waals surface area contributed by atoms with Crippen molar-refractivity contribution >= 4 is 54.5 Å². The minimum atomic E-state index is -0.268. The summed E-state index contributed by atoms with van der Waals surface area (Å²) in [5.41, 5.74) is 1.72. The number of imidazole rings is 1. The monoisotopic (exact) mass is 361 g/mol. The Labute approximate surface area is 113 Å². The zero-order valence-electron chi connectivity index (χ0n) is 8.64. The molecule has 0 radical (unpaired) electrons. The molecule has 2 rings (SSSR count). The van der Waals surface area contributed by atoms with Gasteiger partial charge in [-0.05, 0) is 28.1 Å². The van der Waals surface area contributed by atoms with E-state index in [9.17, 15) is 9.59 Å². The highest BCUT2D eigenvalue weighted by Crippen LogP contribution is 2.26. The number of aromatic amines is 2. The van der Waals surface area contributed by atoms with Gasteiger partial charge in [0, 0.05) is 16.2 Å². The van der Waals surface area contributed by atoms with E-state index in [4.69, 9.17) is 0 Å². The van der Waals surface area contributed by atoms with Crippen molar-refractivity contribution in [2.75, 3.05) is 10.6 Å². The summed E-state index contributed by atoms with van der Waals surface area (Å²) in [5.74, 6) is -0.0835.